The molecule has 3 rings (SSSR count). The molecule has 4 nitrogen and oxygen atoms in total. The summed E-state index contributed by atoms with van der Waals surface area (Å²) in [6, 6.07) is 8.82. The van der Waals surface area contributed by atoms with E-state index in [0.29, 0.717) is 28.9 Å². The minimum Gasteiger partial charge on any atom is -0.256 e. The van der Waals surface area contributed by atoms with Crippen LogP contribution in [0.5, 0.6) is 0 Å². The molecule has 0 aliphatic carbocycles. The summed E-state index contributed by atoms with van der Waals surface area (Å²) in [5, 5.41) is 0.687. The van der Waals surface area contributed by atoms with E-state index in [2.05, 4.69) is 20.9 Å². The number of fused-ring (bicyclic) bond motifs is 1. The largest absolute Gasteiger partial charge is 0.256 e. The third kappa shape index (κ3) is 2.47. The number of benzene rings is 1. The van der Waals surface area contributed by atoms with Crippen LogP contribution in [0.15, 0.2) is 41.4 Å². The maximum Gasteiger partial charge on any atom is 0.243 e. The summed E-state index contributed by atoms with van der Waals surface area (Å²) < 4.78 is 27.2. The topological polar surface area (TPSA) is 50.3 Å². The Kier molecular flexibility index (Phi) is 3.79. The Bertz CT molecular complexity index is 728. The van der Waals surface area contributed by atoms with Gasteiger partial charge in [0.2, 0.25) is 10.0 Å². The molecule has 1 saturated heterocycles. The molecule has 1 aromatic carbocycles. The Hall–Kier alpha value is -0.980. The Morgan fingerprint density at radius 1 is 1.25 bits per heavy atom. The van der Waals surface area contributed by atoms with E-state index in [-0.39, 0.29) is 4.83 Å². The van der Waals surface area contributed by atoms with Crippen LogP contribution in [0.3, 0.4) is 0 Å². The number of alkyl halides is 1. The van der Waals surface area contributed by atoms with Crippen LogP contribution in [0.2, 0.25) is 0 Å². The van der Waals surface area contributed by atoms with Crippen LogP contribution in [-0.4, -0.2) is 35.6 Å². The van der Waals surface area contributed by atoms with E-state index >= 15 is 0 Å². The maximum absolute atomic E-state index is 12.8. The van der Waals surface area contributed by atoms with Crippen LogP contribution in [0.4, 0.5) is 0 Å². The van der Waals surface area contributed by atoms with Crippen molar-refractivity contribution >= 4 is 36.9 Å². The summed E-state index contributed by atoms with van der Waals surface area (Å²) in [6.45, 7) is 1.11. The molecule has 1 atom stereocenters. The normalized spacial score (nSPS) is 21.1. The third-order valence-corrected chi connectivity index (χ3v) is 6.22. The number of rotatable bonds is 2. The van der Waals surface area contributed by atoms with Crippen molar-refractivity contribution in [1.82, 2.24) is 9.29 Å². The molecule has 106 valence electrons. The lowest BCUT2D eigenvalue weighted by molar-refractivity contribution is 0.356. The average Bonchev–Trinajstić information content (AvgIpc) is 2.46. The SMILES string of the molecule is O=S(=O)(c1cccc2ncccc12)N1CCCC(Br)C1. The first kappa shape index (κ1) is 14.0. The summed E-state index contributed by atoms with van der Waals surface area (Å²) in [5.41, 5.74) is 0.709. The second-order valence-electron chi connectivity index (χ2n) is 4.93. The maximum atomic E-state index is 12.8. The first-order valence-electron chi connectivity index (χ1n) is 6.57. The number of piperidine rings is 1. The lowest BCUT2D eigenvalue weighted by atomic mass is 10.2. The van der Waals surface area contributed by atoms with Crippen molar-refractivity contribution in [2.24, 2.45) is 0 Å². The molecule has 1 unspecified atom stereocenters. The van der Waals surface area contributed by atoms with Crippen LogP contribution in [0.25, 0.3) is 10.9 Å². The number of halogens is 1. The molecule has 1 aliphatic heterocycles. The summed E-state index contributed by atoms with van der Waals surface area (Å²) in [7, 11) is -3.46. The van der Waals surface area contributed by atoms with Crippen LogP contribution in [-0.2, 0) is 10.0 Å². The number of hydrogen-bond donors (Lipinski definition) is 0. The molecule has 0 spiro atoms. The van der Waals surface area contributed by atoms with E-state index in [1.165, 1.54) is 0 Å². The van der Waals surface area contributed by atoms with Crippen LogP contribution < -0.4 is 0 Å². The lowest BCUT2D eigenvalue weighted by Crippen LogP contribution is -2.40. The highest BCUT2D eigenvalue weighted by Gasteiger charge is 2.30. The highest BCUT2D eigenvalue weighted by Crippen LogP contribution is 2.28. The molecular weight excluding hydrogens is 340 g/mol. The van der Waals surface area contributed by atoms with Crippen molar-refractivity contribution in [3.05, 3.63) is 36.5 Å². The Balaban J connectivity index is 2.09. The lowest BCUT2D eigenvalue weighted by Gasteiger charge is -2.29. The molecule has 0 radical (unpaired) electrons. The van der Waals surface area contributed by atoms with Gasteiger partial charge in [-0.1, -0.05) is 22.0 Å². The zero-order valence-corrected chi connectivity index (χ0v) is 13.3. The predicted molar refractivity (Wildman–Crippen MR) is 82.5 cm³/mol. The first-order valence-corrected chi connectivity index (χ1v) is 8.92. The minimum atomic E-state index is -3.46. The molecule has 1 aliphatic rings. The van der Waals surface area contributed by atoms with E-state index in [4.69, 9.17) is 0 Å². The van der Waals surface area contributed by atoms with Gasteiger partial charge in [0.25, 0.3) is 0 Å². The monoisotopic (exact) mass is 354 g/mol. The summed E-state index contributed by atoms with van der Waals surface area (Å²) in [6.07, 6.45) is 3.58. The van der Waals surface area contributed by atoms with Gasteiger partial charge in [0.05, 0.1) is 10.4 Å². The van der Waals surface area contributed by atoms with E-state index in [1.807, 2.05) is 12.1 Å². The Labute approximate surface area is 127 Å². The van der Waals surface area contributed by atoms with Crippen molar-refractivity contribution in [3.63, 3.8) is 0 Å². The molecule has 20 heavy (non-hydrogen) atoms. The highest BCUT2D eigenvalue weighted by molar-refractivity contribution is 9.09. The summed E-state index contributed by atoms with van der Waals surface area (Å²) in [4.78, 5) is 4.81. The number of sulfonamides is 1. The molecule has 0 saturated carbocycles. The van der Waals surface area contributed by atoms with Gasteiger partial charge in [-0.15, -0.1) is 0 Å². The van der Waals surface area contributed by atoms with Crippen LogP contribution in [0, 0.1) is 0 Å². The molecule has 0 N–H and O–H groups in total. The van der Waals surface area contributed by atoms with Gasteiger partial charge in [0.15, 0.2) is 0 Å². The van der Waals surface area contributed by atoms with Gasteiger partial charge in [-0.2, -0.15) is 4.31 Å². The van der Waals surface area contributed by atoms with Gasteiger partial charge < -0.3 is 0 Å². The van der Waals surface area contributed by atoms with E-state index in [9.17, 15) is 8.42 Å². The summed E-state index contributed by atoms with van der Waals surface area (Å²) in [5.74, 6) is 0. The molecule has 1 fully saturated rings. The standard InChI is InChI=1S/C14H15BrN2O2S/c15-11-4-3-9-17(10-11)20(18,19)14-7-1-6-13-12(14)5-2-8-16-13/h1-2,5-8,11H,3-4,9-10H2. The highest BCUT2D eigenvalue weighted by atomic mass is 79.9. The van der Waals surface area contributed by atoms with E-state index in [1.54, 1.807) is 28.7 Å². The third-order valence-electron chi connectivity index (χ3n) is 3.55. The molecule has 2 aromatic rings. The summed E-state index contributed by atoms with van der Waals surface area (Å²) >= 11 is 3.52. The predicted octanol–water partition coefficient (Wildman–Crippen LogP) is 2.78. The van der Waals surface area contributed by atoms with Crippen LogP contribution in [0.1, 0.15) is 12.8 Å². The van der Waals surface area contributed by atoms with Crippen molar-refractivity contribution in [3.8, 4) is 0 Å². The Morgan fingerprint density at radius 2 is 2.10 bits per heavy atom. The molecule has 6 heteroatoms. The fraction of sp³-hybridized carbons (Fsp3) is 0.357. The quantitative estimate of drug-likeness (QED) is 0.779. The number of aromatic nitrogens is 1. The fourth-order valence-corrected chi connectivity index (χ4v) is 5.14. The van der Waals surface area contributed by atoms with Crippen molar-refractivity contribution in [2.75, 3.05) is 13.1 Å². The van der Waals surface area contributed by atoms with Crippen LogP contribution >= 0.6 is 15.9 Å². The van der Waals surface area contributed by atoms with Crippen molar-refractivity contribution in [2.45, 2.75) is 22.6 Å². The van der Waals surface area contributed by atoms with Gasteiger partial charge in [0, 0.05) is 29.5 Å². The molecule has 0 bridgehead atoms. The van der Waals surface area contributed by atoms with Gasteiger partial charge in [0.1, 0.15) is 0 Å². The second-order valence-corrected chi connectivity index (χ2v) is 8.13. The molecular formula is C14H15BrN2O2S. The van der Waals surface area contributed by atoms with Gasteiger partial charge >= 0.3 is 0 Å². The molecule has 1 aromatic heterocycles. The number of hydrogen-bond acceptors (Lipinski definition) is 3. The first-order chi connectivity index (χ1) is 9.59. The van der Waals surface area contributed by atoms with E-state index < -0.39 is 10.0 Å². The smallest absolute Gasteiger partial charge is 0.243 e. The fourth-order valence-electron chi connectivity index (χ4n) is 2.55. The average molecular weight is 355 g/mol. The van der Waals surface area contributed by atoms with E-state index in [0.717, 1.165) is 12.8 Å². The van der Waals surface area contributed by atoms with Gasteiger partial charge in [-0.05, 0) is 37.1 Å². The Morgan fingerprint density at radius 3 is 2.90 bits per heavy atom. The minimum absolute atomic E-state index is 0.235. The number of pyridine rings is 1. The number of nitrogens with zero attached hydrogens (tertiary/aromatic N) is 2. The van der Waals surface area contributed by atoms with Gasteiger partial charge in [-0.25, -0.2) is 8.42 Å². The molecule has 0 amide bonds. The van der Waals surface area contributed by atoms with Crippen molar-refractivity contribution < 1.29 is 8.42 Å². The van der Waals surface area contributed by atoms with Gasteiger partial charge in [-0.3, -0.25) is 4.98 Å². The second kappa shape index (κ2) is 5.42. The zero-order chi connectivity index (χ0) is 14.2. The molecule has 2 heterocycles. The van der Waals surface area contributed by atoms with Crippen molar-refractivity contribution in [1.29, 1.82) is 0 Å². The zero-order valence-electron chi connectivity index (χ0n) is 10.9.